The van der Waals surface area contributed by atoms with E-state index in [9.17, 15) is 14.0 Å². The number of para-hydroxylation sites is 1. The number of carbonyl (C=O) groups excluding carboxylic acids is 2. The van der Waals surface area contributed by atoms with Crippen LogP contribution in [0.25, 0.3) is 0 Å². The first-order valence-corrected chi connectivity index (χ1v) is 9.57. The highest BCUT2D eigenvalue weighted by Gasteiger charge is 2.31. The Morgan fingerprint density at radius 2 is 1.53 bits per heavy atom. The third-order valence-electron chi connectivity index (χ3n) is 4.61. The van der Waals surface area contributed by atoms with E-state index in [4.69, 9.17) is 4.74 Å². The van der Waals surface area contributed by atoms with Crippen LogP contribution in [0.3, 0.4) is 0 Å². The maximum Gasteiger partial charge on any atom is 0.261 e. The van der Waals surface area contributed by atoms with E-state index in [0.717, 1.165) is 0 Å². The van der Waals surface area contributed by atoms with Crippen molar-refractivity contribution in [3.8, 4) is 5.75 Å². The van der Waals surface area contributed by atoms with E-state index in [1.807, 2.05) is 36.4 Å². The molecule has 0 radical (unpaired) electrons. The third-order valence-corrected chi connectivity index (χ3v) is 4.61. The van der Waals surface area contributed by atoms with Gasteiger partial charge in [-0.2, -0.15) is 0 Å². The highest BCUT2D eigenvalue weighted by molar-refractivity contribution is 5.89. The molecule has 1 atom stereocenters. The summed E-state index contributed by atoms with van der Waals surface area (Å²) < 4.78 is 19.0. The molecule has 3 rings (SSSR count). The Bertz CT molecular complexity index is 963. The molecular weight excluding hydrogens is 383 g/mol. The van der Waals surface area contributed by atoms with Gasteiger partial charge in [0.1, 0.15) is 17.6 Å². The molecule has 30 heavy (non-hydrogen) atoms. The lowest BCUT2D eigenvalue weighted by atomic mass is 10.0. The van der Waals surface area contributed by atoms with Crippen LogP contribution >= 0.6 is 0 Å². The van der Waals surface area contributed by atoms with Gasteiger partial charge in [-0.3, -0.25) is 9.59 Å². The van der Waals surface area contributed by atoms with Crippen molar-refractivity contribution in [2.24, 2.45) is 0 Å². The molecule has 0 bridgehead atoms. The van der Waals surface area contributed by atoms with Crippen LogP contribution in [0.2, 0.25) is 0 Å². The lowest BCUT2D eigenvalue weighted by Gasteiger charge is -2.31. The van der Waals surface area contributed by atoms with Crippen LogP contribution in [0.1, 0.15) is 17.2 Å². The summed E-state index contributed by atoms with van der Waals surface area (Å²) in [5, 5.41) is 2.63. The van der Waals surface area contributed by atoms with Gasteiger partial charge >= 0.3 is 0 Å². The van der Waals surface area contributed by atoms with Crippen molar-refractivity contribution in [1.29, 1.82) is 0 Å². The molecule has 2 amide bonds. The van der Waals surface area contributed by atoms with E-state index in [2.05, 4.69) is 5.32 Å². The molecule has 0 aliphatic heterocycles. The van der Waals surface area contributed by atoms with Crippen molar-refractivity contribution in [3.63, 3.8) is 0 Å². The molecule has 1 N–H and O–H groups in total. The van der Waals surface area contributed by atoms with Crippen molar-refractivity contribution in [1.82, 2.24) is 10.2 Å². The van der Waals surface area contributed by atoms with E-state index in [1.54, 1.807) is 36.4 Å². The normalized spacial score (nSPS) is 11.4. The van der Waals surface area contributed by atoms with Gasteiger partial charge in [0.15, 0.2) is 6.61 Å². The Balaban J connectivity index is 1.90. The second kappa shape index (κ2) is 10.2. The highest BCUT2D eigenvalue weighted by atomic mass is 19.1. The first kappa shape index (κ1) is 21.0. The molecule has 0 spiro atoms. The number of nitrogens with zero attached hydrogens (tertiary/aromatic N) is 1. The van der Waals surface area contributed by atoms with Gasteiger partial charge in [-0.05, 0) is 35.4 Å². The van der Waals surface area contributed by atoms with Crippen LogP contribution in [0.4, 0.5) is 4.39 Å². The maximum absolute atomic E-state index is 13.3. The molecule has 0 fully saturated rings. The molecule has 5 nitrogen and oxygen atoms in total. The first-order chi connectivity index (χ1) is 14.6. The minimum Gasteiger partial charge on any atom is -0.484 e. The van der Waals surface area contributed by atoms with Crippen LogP contribution in [-0.4, -0.2) is 30.4 Å². The Morgan fingerprint density at radius 1 is 0.933 bits per heavy atom. The zero-order chi connectivity index (χ0) is 21.3. The number of nitrogens with one attached hydrogen (secondary N) is 1. The predicted molar refractivity (Wildman–Crippen MR) is 112 cm³/mol. The monoisotopic (exact) mass is 406 g/mol. The first-order valence-electron chi connectivity index (χ1n) is 9.57. The van der Waals surface area contributed by atoms with Gasteiger partial charge in [-0.25, -0.2) is 4.39 Å². The summed E-state index contributed by atoms with van der Waals surface area (Å²) >= 11 is 0. The standard InChI is InChI=1S/C24H23FN2O3/c1-26-24(29)23(19-8-4-2-5-9-19)27(16-18-12-14-20(25)15-13-18)22(28)17-30-21-10-6-3-7-11-21/h2-15,23H,16-17H2,1H3,(H,26,29)/t23-/m1/s1. The number of amides is 2. The fraction of sp³-hybridized carbons (Fsp3) is 0.167. The zero-order valence-electron chi connectivity index (χ0n) is 16.6. The molecule has 0 saturated heterocycles. The molecule has 0 aromatic heterocycles. The van der Waals surface area contributed by atoms with Gasteiger partial charge in [0.2, 0.25) is 5.91 Å². The van der Waals surface area contributed by atoms with Gasteiger partial charge < -0.3 is 15.0 Å². The van der Waals surface area contributed by atoms with Crippen molar-refractivity contribution in [2.75, 3.05) is 13.7 Å². The van der Waals surface area contributed by atoms with E-state index < -0.39 is 6.04 Å². The van der Waals surface area contributed by atoms with Crippen molar-refractivity contribution in [2.45, 2.75) is 12.6 Å². The molecule has 0 aliphatic carbocycles. The number of rotatable bonds is 8. The second-order valence-electron chi connectivity index (χ2n) is 6.68. The van der Waals surface area contributed by atoms with Crippen LogP contribution in [0, 0.1) is 5.82 Å². The number of ether oxygens (including phenoxy) is 1. The summed E-state index contributed by atoms with van der Waals surface area (Å²) in [5.74, 6) is -0.490. The predicted octanol–water partition coefficient (Wildman–Crippen LogP) is 3.72. The van der Waals surface area contributed by atoms with Crippen LogP contribution in [0.15, 0.2) is 84.9 Å². The SMILES string of the molecule is CNC(=O)[C@@H](c1ccccc1)N(Cc1ccc(F)cc1)C(=O)COc1ccccc1. The molecular formula is C24H23FN2O3. The molecule has 0 unspecified atom stereocenters. The van der Waals surface area contributed by atoms with Crippen molar-refractivity contribution in [3.05, 3.63) is 102 Å². The fourth-order valence-corrected chi connectivity index (χ4v) is 3.10. The fourth-order valence-electron chi connectivity index (χ4n) is 3.10. The minimum atomic E-state index is -0.854. The Hall–Kier alpha value is -3.67. The Morgan fingerprint density at radius 3 is 2.13 bits per heavy atom. The van der Waals surface area contributed by atoms with E-state index in [-0.39, 0.29) is 30.8 Å². The van der Waals surface area contributed by atoms with E-state index in [1.165, 1.54) is 24.1 Å². The van der Waals surface area contributed by atoms with Crippen LogP contribution in [0.5, 0.6) is 5.75 Å². The number of halogens is 1. The summed E-state index contributed by atoms with van der Waals surface area (Å²) in [5.41, 5.74) is 1.38. The van der Waals surface area contributed by atoms with Gasteiger partial charge in [-0.1, -0.05) is 60.7 Å². The lowest BCUT2D eigenvalue weighted by molar-refractivity contribution is -0.143. The van der Waals surface area contributed by atoms with Crippen molar-refractivity contribution < 1.29 is 18.7 Å². The van der Waals surface area contributed by atoms with Gasteiger partial charge in [-0.15, -0.1) is 0 Å². The van der Waals surface area contributed by atoms with E-state index in [0.29, 0.717) is 16.9 Å². The third kappa shape index (κ3) is 5.44. The summed E-state index contributed by atoms with van der Waals surface area (Å²) in [6, 6.07) is 23.0. The molecule has 6 heteroatoms. The summed E-state index contributed by atoms with van der Waals surface area (Å²) in [6.07, 6.45) is 0. The van der Waals surface area contributed by atoms with E-state index >= 15 is 0 Å². The second-order valence-corrected chi connectivity index (χ2v) is 6.68. The molecule has 0 aliphatic rings. The zero-order valence-corrected chi connectivity index (χ0v) is 16.6. The smallest absolute Gasteiger partial charge is 0.261 e. The molecule has 154 valence electrons. The lowest BCUT2D eigenvalue weighted by Crippen LogP contribution is -2.44. The largest absolute Gasteiger partial charge is 0.484 e. The van der Waals surface area contributed by atoms with Gasteiger partial charge in [0, 0.05) is 13.6 Å². The minimum absolute atomic E-state index is 0.129. The number of hydrogen-bond donors (Lipinski definition) is 1. The molecule has 3 aromatic rings. The Kier molecular flexibility index (Phi) is 7.16. The van der Waals surface area contributed by atoms with Crippen LogP contribution in [-0.2, 0) is 16.1 Å². The Labute approximate surface area is 175 Å². The summed E-state index contributed by atoms with van der Waals surface area (Å²) in [7, 11) is 1.53. The molecule has 0 saturated carbocycles. The quantitative estimate of drug-likeness (QED) is 0.620. The topological polar surface area (TPSA) is 58.6 Å². The summed E-state index contributed by atoms with van der Waals surface area (Å²) in [6.45, 7) is -0.101. The average molecular weight is 406 g/mol. The molecule has 0 heterocycles. The number of carbonyl (C=O) groups is 2. The summed E-state index contributed by atoms with van der Waals surface area (Å²) in [4.78, 5) is 27.4. The number of hydrogen-bond acceptors (Lipinski definition) is 3. The van der Waals surface area contributed by atoms with Crippen LogP contribution < -0.4 is 10.1 Å². The van der Waals surface area contributed by atoms with Crippen molar-refractivity contribution >= 4 is 11.8 Å². The highest BCUT2D eigenvalue weighted by Crippen LogP contribution is 2.24. The van der Waals surface area contributed by atoms with Gasteiger partial charge in [0.05, 0.1) is 0 Å². The number of likely N-dealkylation sites (N-methyl/N-ethyl adjacent to an activating group) is 1. The van der Waals surface area contributed by atoms with Gasteiger partial charge in [0.25, 0.3) is 5.91 Å². The molecule has 3 aromatic carbocycles. The maximum atomic E-state index is 13.3. The average Bonchev–Trinajstić information content (AvgIpc) is 2.79. The number of benzene rings is 3.